The largest absolute Gasteiger partial charge is 0.328 e. The molecule has 30 heavy (non-hydrogen) atoms. The third-order valence-corrected chi connectivity index (χ3v) is 6.30. The van der Waals surface area contributed by atoms with Gasteiger partial charge in [0.2, 0.25) is 0 Å². The SMILES string of the molecule is NC1CCC(c2cnc3ccc(C4=CCN=C4c4cc(Cl)ccc4F)nc3c2)CC1. The van der Waals surface area contributed by atoms with Gasteiger partial charge in [-0.05, 0) is 73.6 Å². The highest BCUT2D eigenvalue weighted by Crippen LogP contribution is 2.33. The fourth-order valence-electron chi connectivity index (χ4n) is 4.39. The summed E-state index contributed by atoms with van der Waals surface area (Å²) >= 11 is 6.09. The molecule has 6 heteroatoms. The lowest BCUT2D eigenvalue weighted by atomic mass is 9.82. The van der Waals surface area contributed by atoms with E-state index < -0.39 is 0 Å². The number of hydrogen-bond donors (Lipinski definition) is 1. The van der Waals surface area contributed by atoms with E-state index in [9.17, 15) is 4.39 Å². The third-order valence-electron chi connectivity index (χ3n) is 6.06. The van der Waals surface area contributed by atoms with Crippen molar-refractivity contribution < 1.29 is 4.39 Å². The van der Waals surface area contributed by atoms with E-state index in [1.165, 1.54) is 11.6 Å². The average Bonchev–Trinajstić information content (AvgIpc) is 3.25. The second-order valence-corrected chi connectivity index (χ2v) is 8.48. The van der Waals surface area contributed by atoms with E-state index in [-0.39, 0.29) is 5.82 Å². The minimum atomic E-state index is -0.341. The quantitative estimate of drug-likeness (QED) is 0.625. The summed E-state index contributed by atoms with van der Waals surface area (Å²) < 4.78 is 14.4. The fourth-order valence-corrected chi connectivity index (χ4v) is 4.57. The van der Waals surface area contributed by atoms with E-state index in [4.69, 9.17) is 22.3 Å². The van der Waals surface area contributed by atoms with Crippen molar-refractivity contribution in [3.63, 3.8) is 0 Å². The minimum absolute atomic E-state index is 0.318. The summed E-state index contributed by atoms with van der Waals surface area (Å²) in [7, 11) is 0. The number of allylic oxidation sites excluding steroid dienone is 1. The molecule has 0 radical (unpaired) electrons. The van der Waals surface area contributed by atoms with Crippen molar-refractivity contribution in [2.45, 2.75) is 37.6 Å². The van der Waals surface area contributed by atoms with E-state index >= 15 is 0 Å². The van der Waals surface area contributed by atoms with Crippen LogP contribution in [0.5, 0.6) is 0 Å². The Labute approximate surface area is 179 Å². The smallest absolute Gasteiger partial charge is 0.132 e. The van der Waals surface area contributed by atoms with Crippen LogP contribution in [0.2, 0.25) is 5.02 Å². The van der Waals surface area contributed by atoms with Crippen molar-refractivity contribution in [3.8, 4) is 0 Å². The number of halogens is 2. The molecule has 1 aromatic carbocycles. The molecule has 2 aliphatic rings. The molecule has 2 aromatic heterocycles. The fraction of sp³-hybridized carbons (Fsp3) is 0.292. The maximum absolute atomic E-state index is 14.4. The van der Waals surface area contributed by atoms with Crippen LogP contribution in [0, 0.1) is 5.82 Å². The van der Waals surface area contributed by atoms with Gasteiger partial charge in [-0.2, -0.15) is 0 Å². The van der Waals surface area contributed by atoms with Gasteiger partial charge >= 0.3 is 0 Å². The van der Waals surface area contributed by atoms with E-state index in [0.29, 0.717) is 34.8 Å². The Hall–Kier alpha value is -2.63. The first kappa shape index (κ1) is 19.3. The molecule has 3 aromatic rings. The van der Waals surface area contributed by atoms with Crippen LogP contribution in [0.25, 0.3) is 16.6 Å². The van der Waals surface area contributed by atoms with Crippen LogP contribution in [-0.2, 0) is 0 Å². The topological polar surface area (TPSA) is 64.2 Å². The molecule has 1 aliphatic carbocycles. The number of benzene rings is 1. The van der Waals surface area contributed by atoms with Gasteiger partial charge in [0.05, 0.1) is 29.0 Å². The number of aromatic nitrogens is 2. The molecule has 5 rings (SSSR count). The number of nitrogens with two attached hydrogens (primary N) is 1. The normalized spacial score (nSPS) is 21.6. The Morgan fingerprint density at radius 2 is 1.83 bits per heavy atom. The summed E-state index contributed by atoms with van der Waals surface area (Å²) in [6, 6.07) is 10.9. The van der Waals surface area contributed by atoms with E-state index in [0.717, 1.165) is 48.0 Å². The molecular weight excluding hydrogens is 399 g/mol. The van der Waals surface area contributed by atoms with Crippen LogP contribution in [-0.4, -0.2) is 28.3 Å². The van der Waals surface area contributed by atoms with Gasteiger partial charge in [0, 0.05) is 28.4 Å². The molecular formula is C24H22ClFN4. The molecule has 1 saturated carbocycles. The van der Waals surface area contributed by atoms with Gasteiger partial charge in [-0.1, -0.05) is 17.7 Å². The molecule has 1 fully saturated rings. The number of pyridine rings is 2. The number of nitrogens with zero attached hydrogens (tertiary/aromatic N) is 3. The predicted molar refractivity (Wildman–Crippen MR) is 120 cm³/mol. The van der Waals surface area contributed by atoms with Gasteiger partial charge in [0.25, 0.3) is 0 Å². The van der Waals surface area contributed by atoms with Crippen molar-refractivity contribution in [2.24, 2.45) is 10.7 Å². The summed E-state index contributed by atoms with van der Waals surface area (Å²) in [6.07, 6.45) is 8.22. The number of rotatable bonds is 3. The highest BCUT2D eigenvalue weighted by Gasteiger charge is 2.22. The summed E-state index contributed by atoms with van der Waals surface area (Å²) in [5.41, 5.74) is 11.6. The Balaban J connectivity index is 1.50. The first-order chi connectivity index (χ1) is 14.6. The Bertz CT molecular complexity index is 1180. The van der Waals surface area contributed by atoms with Crippen molar-refractivity contribution in [3.05, 3.63) is 76.3 Å². The van der Waals surface area contributed by atoms with Gasteiger partial charge in [-0.15, -0.1) is 0 Å². The average molecular weight is 421 g/mol. The van der Waals surface area contributed by atoms with Crippen LogP contribution in [0.15, 0.2) is 53.7 Å². The maximum Gasteiger partial charge on any atom is 0.132 e. The predicted octanol–water partition coefficient (Wildman–Crippen LogP) is 5.29. The second-order valence-electron chi connectivity index (χ2n) is 8.05. The Kier molecular flexibility index (Phi) is 5.09. The lowest BCUT2D eigenvalue weighted by molar-refractivity contribution is 0.395. The van der Waals surface area contributed by atoms with Gasteiger partial charge in [0.15, 0.2) is 0 Å². The monoisotopic (exact) mass is 420 g/mol. The maximum atomic E-state index is 14.4. The zero-order valence-electron chi connectivity index (χ0n) is 16.5. The van der Waals surface area contributed by atoms with E-state index in [1.807, 2.05) is 24.4 Å². The molecule has 0 atom stereocenters. The van der Waals surface area contributed by atoms with Crippen molar-refractivity contribution >= 4 is 33.9 Å². The standard InChI is InChI=1S/C24H22ClFN4/c25-16-3-6-20(26)19(12-16)24-18(9-10-28-24)21-7-8-22-23(30-21)11-15(13-29-22)14-1-4-17(27)5-2-14/h3,6-9,11-14,17H,1-2,4-5,10,27H2. The molecule has 4 nitrogen and oxygen atoms in total. The van der Waals surface area contributed by atoms with Crippen LogP contribution in [0.4, 0.5) is 4.39 Å². The summed E-state index contributed by atoms with van der Waals surface area (Å²) in [5.74, 6) is 0.140. The third kappa shape index (κ3) is 3.64. The van der Waals surface area contributed by atoms with Crippen LogP contribution < -0.4 is 5.73 Å². The molecule has 2 N–H and O–H groups in total. The Morgan fingerprint density at radius 3 is 2.67 bits per heavy atom. The molecule has 0 amide bonds. The summed E-state index contributed by atoms with van der Waals surface area (Å²) in [5, 5.41) is 0.480. The lowest BCUT2D eigenvalue weighted by Crippen LogP contribution is -2.25. The summed E-state index contributed by atoms with van der Waals surface area (Å²) in [6.45, 7) is 0.497. The number of hydrogen-bond acceptors (Lipinski definition) is 4. The first-order valence-corrected chi connectivity index (χ1v) is 10.7. The molecule has 0 bridgehead atoms. The van der Waals surface area contributed by atoms with Gasteiger partial charge < -0.3 is 5.73 Å². The van der Waals surface area contributed by atoms with Crippen LogP contribution in [0.3, 0.4) is 0 Å². The van der Waals surface area contributed by atoms with E-state index in [2.05, 4.69) is 16.0 Å². The molecule has 1 aliphatic heterocycles. The first-order valence-electron chi connectivity index (χ1n) is 10.3. The zero-order valence-corrected chi connectivity index (χ0v) is 17.2. The van der Waals surface area contributed by atoms with Crippen LogP contribution >= 0.6 is 11.6 Å². The summed E-state index contributed by atoms with van der Waals surface area (Å²) in [4.78, 5) is 14.0. The van der Waals surface area contributed by atoms with E-state index in [1.54, 1.807) is 12.1 Å². The molecule has 0 saturated heterocycles. The van der Waals surface area contributed by atoms with Gasteiger partial charge in [-0.25, -0.2) is 9.37 Å². The van der Waals surface area contributed by atoms with Crippen molar-refractivity contribution in [1.82, 2.24) is 9.97 Å². The molecule has 152 valence electrons. The van der Waals surface area contributed by atoms with Gasteiger partial charge in [0.1, 0.15) is 5.82 Å². The lowest BCUT2D eigenvalue weighted by Gasteiger charge is -2.26. The van der Waals surface area contributed by atoms with Crippen LogP contribution in [0.1, 0.15) is 48.4 Å². The Morgan fingerprint density at radius 1 is 1.00 bits per heavy atom. The molecule has 3 heterocycles. The van der Waals surface area contributed by atoms with Crippen molar-refractivity contribution in [1.29, 1.82) is 0 Å². The molecule has 0 unspecified atom stereocenters. The highest BCUT2D eigenvalue weighted by molar-refractivity contribution is 6.35. The minimum Gasteiger partial charge on any atom is -0.328 e. The molecule has 0 spiro atoms. The number of fused-ring (bicyclic) bond motifs is 1. The number of aliphatic imine (C=N–C) groups is 1. The van der Waals surface area contributed by atoms with Gasteiger partial charge in [-0.3, -0.25) is 9.98 Å². The zero-order chi connectivity index (χ0) is 20.7. The highest BCUT2D eigenvalue weighted by atomic mass is 35.5. The second kappa shape index (κ2) is 7.89. The van der Waals surface area contributed by atoms with Crippen molar-refractivity contribution in [2.75, 3.05) is 6.54 Å².